The molecular formula is C15H18Cl2N4O. The number of hydrogen-bond acceptors (Lipinski definition) is 4. The van der Waals surface area contributed by atoms with E-state index in [0.29, 0.717) is 12.3 Å². The second-order valence-corrected chi connectivity index (χ2v) is 6.61. The number of carbonyl (C=O) groups excluding carboxylic acids is 1. The molecule has 7 heteroatoms. The zero-order chi connectivity index (χ0) is 16.3. The lowest BCUT2D eigenvalue weighted by atomic mass is 10.1. The number of amidine groups is 2. The normalized spacial score (nSPS) is 21.0. The van der Waals surface area contributed by atoms with Crippen molar-refractivity contribution in [1.82, 2.24) is 5.32 Å². The van der Waals surface area contributed by atoms with Crippen LogP contribution >= 0.6 is 23.2 Å². The number of nitrogens with one attached hydrogen (secondary N) is 1. The van der Waals surface area contributed by atoms with Gasteiger partial charge in [0.1, 0.15) is 0 Å². The Hall–Kier alpha value is -1.59. The number of benzene rings is 1. The predicted molar refractivity (Wildman–Crippen MR) is 90.4 cm³/mol. The van der Waals surface area contributed by atoms with Crippen LogP contribution in [0.5, 0.6) is 0 Å². The fourth-order valence-corrected chi connectivity index (χ4v) is 2.54. The molecule has 0 spiro atoms. The molecule has 5 nitrogen and oxygen atoms in total. The van der Waals surface area contributed by atoms with Gasteiger partial charge < -0.3 is 11.1 Å². The van der Waals surface area contributed by atoms with Crippen molar-refractivity contribution < 1.29 is 4.79 Å². The van der Waals surface area contributed by atoms with Gasteiger partial charge >= 0.3 is 0 Å². The summed E-state index contributed by atoms with van der Waals surface area (Å²) in [5.41, 5.74) is 5.33. The SMILES string of the molecule is CC(C)CC(=O)N[C@]1(C(Cl)Cl)N=C(c2ccccc2)N=C1N. The predicted octanol–water partition coefficient (Wildman–Crippen LogP) is 2.47. The van der Waals surface area contributed by atoms with E-state index in [0.717, 1.165) is 5.56 Å². The molecule has 0 saturated carbocycles. The van der Waals surface area contributed by atoms with Gasteiger partial charge in [0, 0.05) is 12.0 Å². The molecule has 1 aromatic carbocycles. The van der Waals surface area contributed by atoms with Gasteiger partial charge in [0.05, 0.1) is 0 Å². The van der Waals surface area contributed by atoms with Crippen molar-refractivity contribution in [1.29, 1.82) is 0 Å². The number of carbonyl (C=O) groups is 1. The molecule has 0 aliphatic carbocycles. The number of alkyl halides is 2. The van der Waals surface area contributed by atoms with E-state index in [-0.39, 0.29) is 17.7 Å². The molecule has 118 valence electrons. The molecule has 1 aromatic rings. The third-order valence-electron chi connectivity index (χ3n) is 3.17. The van der Waals surface area contributed by atoms with Crippen molar-refractivity contribution in [3.05, 3.63) is 35.9 Å². The largest absolute Gasteiger partial charge is 0.383 e. The van der Waals surface area contributed by atoms with Crippen molar-refractivity contribution >= 4 is 40.8 Å². The highest BCUT2D eigenvalue weighted by Gasteiger charge is 2.46. The van der Waals surface area contributed by atoms with Crippen LogP contribution in [-0.4, -0.2) is 28.1 Å². The van der Waals surface area contributed by atoms with Crippen LogP contribution in [0.4, 0.5) is 0 Å². The zero-order valence-electron chi connectivity index (χ0n) is 12.4. The molecule has 0 saturated heterocycles. The first-order valence-corrected chi connectivity index (χ1v) is 7.81. The Balaban J connectivity index is 2.34. The molecule has 0 aromatic heterocycles. The zero-order valence-corrected chi connectivity index (χ0v) is 13.9. The van der Waals surface area contributed by atoms with Crippen LogP contribution < -0.4 is 11.1 Å². The van der Waals surface area contributed by atoms with E-state index in [1.807, 2.05) is 44.2 Å². The molecule has 0 bridgehead atoms. The van der Waals surface area contributed by atoms with Gasteiger partial charge in [-0.05, 0) is 5.92 Å². The maximum Gasteiger partial charge on any atom is 0.222 e. The van der Waals surface area contributed by atoms with Crippen LogP contribution in [0, 0.1) is 5.92 Å². The fourth-order valence-electron chi connectivity index (χ4n) is 2.11. The quantitative estimate of drug-likeness (QED) is 0.807. The summed E-state index contributed by atoms with van der Waals surface area (Å²) in [7, 11) is 0. The minimum Gasteiger partial charge on any atom is -0.383 e. The summed E-state index contributed by atoms with van der Waals surface area (Å²) >= 11 is 12.1. The fraction of sp³-hybridized carbons (Fsp3) is 0.400. The highest BCUT2D eigenvalue weighted by molar-refractivity contribution is 6.47. The maximum atomic E-state index is 12.1. The number of halogens is 2. The van der Waals surface area contributed by atoms with Crippen molar-refractivity contribution in [2.24, 2.45) is 21.6 Å². The van der Waals surface area contributed by atoms with Crippen LogP contribution in [-0.2, 0) is 4.79 Å². The Morgan fingerprint density at radius 1 is 1.32 bits per heavy atom. The van der Waals surface area contributed by atoms with Crippen LogP contribution in [0.25, 0.3) is 0 Å². The molecule has 1 aliphatic heterocycles. The van der Waals surface area contributed by atoms with Gasteiger partial charge in [0.15, 0.2) is 16.5 Å². The minimum absolute atomic E-state index is 0.0819. The van der Waals surface area contributed by atoms with Crippen molar-refractivity contribution in [3.63, 3.8) is 0 Å². The molecule has 1 atom stereocenters. The van der Waals surface area contributed by atoms with E-state index in [1.165, 1.54) is 0 Å². The van der Waals surface area contributed by atoms with E-state index >= 15 is 0 Å². The smallest absolute Gasteiger partial charge is 0.222 e. The molecule has 1 aliphatic rings. The third kappa shape index (κ3) is 3.42. The average molecular weight is 341 g/mol. The molecule has 0 radical (unpaired) electrons. The van der Waals surface area contributed by atoms with Crippen LogP contribution in [0.3, 0.4) is 0 Å². The summed E-state index contributed by atoms with van der Waals surface area (Å²) in [5.74, 6) is 0.448. The van der Waals surface area contributed by atoms with Gasteiger partial charge in [-0.25, -0.2) is 9.98 Å². The van der Waals surface area contributed by atoms with Crippen LogP contribution in [0.2, 0.25) is 0 Å². The lowest BCUT2D eigenvalue weighted by Gasteiger charge is -2.28. The van der Waals surface area contributed by atoms with Crippen LogP contribution in [0.1, 0.15) is 25.8 Å². The van der Waals surface area contributed by atoms with Gasteiger partial charge in [-0.1, -0.05) is 67.4 Å². The minimum atomic E-state index is -1.42. The maximum absolute atomic E-state index is 12.1. The van der Waals surface area contributed by atoms with E-state index in [2.05, 4.69) is 15.3 Å². The Morgan fingerprint density at radius 3 is 2.50 bits per heavy atom. The third-order valence-corrected chi connectivity index (χ3v) is 3.80. The molecule has 1 heterocycles. The summed E-state index contributed by atoms with van der Waals surface area (Å²) in [4.78, 5) is 19.7. The van der Waals surface area contributed by atoms with E-state index in [1.54, 1.807) is 0 Å². The Labute approximate surface area is 139 Å². The number of nitrogens with zero attached hydrogens (tertiary/aromatic N) is 2. The molecule has 22 heavy (non-hydrogen) atoms. The highest BCUT2D eigenvalue weighted by Crippen LogP contribution is 2.28. The number of hydrogen-bond donors (Lipinski definition) is 2. The lowest BCUT2D eigenvalue weighted by molar-refractivity contribution is -0.122. The summed E-state index contributed by atoms with van der Waals surface area (Å²) in [6.07, 6.45) is 0.325. The molecular weight excluding hydrogens is 323 g/mol. The highest BCUT2D eigenvalue weighted by atomic mass is 35.5. The molecule has 0 fully saturated rings. The summed E-state index contributed by atoms with van der Waals surface area (Å²) in [5, 5.41) is 2.73. The van der Waals surface area contributed by atoms with Crippen molar-refractivity contribution in [3.8, 4) is 0 Å². The van der Waals surface area contributed by atoms with Gasteiger partial charge in [-0.15, -0.1) is 0 Å². The van der Waals surface area contributed by atoms with Gasteiger partial charge in [0.25, 0.3) is 0 Å². The first-order valence-electron chi connectivity index (χ1n) is 6.94. The van der Waals surface area contributed by atoms with Gasteiger partial charge in [-0.2, -0.15) is 0 Å². The standard InChI is InChI=1S/C15H18Cl2N4O/c1-9(2)8-11(22)20-15(13(16)17)14(18)19-12(21-15)10-6-4-3-5-7-10/h3-7,9,13H,8H2,1-2H3,(H,20,22)(H2,18,19,21)/t15-/m1/s1. The second-order valence-electron chi connectivity index (χ2n) is 5.51. The van der Waals surface area contributed by atoms with Gasteiger partial charge in [-0.3, -0.25) is 4.79 Å². The van der Waals surface area contributed by atoms with Crippen molar-refractivity contribution in [2.75, 3.05) is 0 Å². The van der Waals surface area contributed by atoms with E-state index in [4.69, 9.17) is 28.9 Å². The monoisotopic (exact) mass is 340 g/mol. The molecule has 0 unspecified atom stereocenters. The second kappa shape index (κ2) is 6.67. The molecule has 3 N–H and O–H groups in total. The number of nitrogens with two attached hydrogens (primary N) is 1. The number of amides is 1. The number of aliphatic imine (C=N–C) groups is 2. The Bertz CT molecular complexity index is 613. The average Bonchev–Trinajstić information content (AvgIpc) is 2.77. The first-order chi connectivity index (χ1) is 10.3. The van der Waals surface area contributed by atoms with E-state index < -0.39 is 10.5 Å². The molecule has 1 amide bonds. The van der Waals surface area contributed by atoms with E-state index in [9.17, 15) is 4.79 Å². The summed E-state index contributed by atoms with van der Waals surface area (Å²) in [6, 6.07) is 9.30. The number of rotatable bonds is 5. The van der Waals surface area contributed by atoms with Crippen molar-refractivity contribution in [2.45, 2.75) is 30.8 Å². The Morgan fingerprint density at radius 2 is 1.95 bits per heavy atom. The Kier molecular flexibility index (Phi) is 5.08. The summed E-state index contributed by atoms with van der Waals surface area (Å²) < 4.78 is 0. The van der Waals surface area contributed by atoms with Crippen LogP contribution in [0.15, 0.2) is 40.3 Å². The summed E-state index contributed by atoms with van der Waals surface area (Å²) in [6.45, 7) is 3.88. The first kappa shape index (κ1) is 16.8. The lowest BCUT2D eigenvalue weighted by Crippen LogP contribution is -2.59. The topological polar surface area (TPSA) is 79.8 Å². The molecule has 2 rings (SSSR count). The van der Waals surface area contributed by atoms with Gasteiger partial charge in [0.2, 0.25) is 11.6 Å².